The molecule has 0 amide bonds. The van der Waals surface area contributed by atoms with Crippen LogP contribution >= 0.6 is 11.6 Å². The Balaban J connectivity index is 1.78. The molecule has 0 aliphatic carbocycles. The zero-order valence-electron chi connectivity index (χ0n) is 14.9. The molecule has 6 heteroatoms. The molecule has 0 aromatic heterocycles. The number of esters is 1. The van der Waals surface area contributed by atoms with E-state index in [1.54, 1.807) is 12.1 Å². The predicted octanol–water partition coefficient (Wildman–Crippen LogP) is 3.15. The maximum atomic E-state index is 11.1. The molecule has 5 nitrogen and oxygen atoms in total. The van der Waals surface area contributed by atoms with Crippen molar-refractivity contribution in [2.45, 2.75) is 25.5 Å². The van der Waals surface area contributed by atoms with Crippen LogP contribution in [0.1, 0.15) is 24.2 Å². The molecule has 0 saturated heterocycles. The van der Waals surface area contributed by atoms with Crippen LogP contribution in [0.5, 0.6) is 5.75 Å². The summed E-state index contributed by atoms with van der Waals surface area (Å²) in [7, 11) is 1.33. The Morgan fingerprint density at radius 1 is 1.23 bits per heavy atom. The second kappa shape index (κ2) is 10.2. The molecule has 0 aliphatic heterocycles. The lowest BCUT2D eigenvalue weighted by Gasteiger charge is -2.18. The van der Waals surface area contributed by atoms with Crippen LogP contribution in [0.4, 0.5) is 0 Å². The Hall–Kier alpha value is -2.08. The molecule has 0 bridgehead atoms. The summed E-state index contributed by atoms with van der Waals surface area (Å²) in [6.07, 6.45) is 0.199. The molecule has 0 saturated carbocycles. The van der Waals surface area contributed by atoms with Crippen molar-refractivity contribution < 1.29 is 19.4 Å². The SMILES string of the molecule is COC(=O)COc1ccc(C[C@H](C)NC[C@H](O)c2cccc(Cl)c2)cc1. The summed E-state index contributed by atoms with van der Waals surface area (Å²) in [5.41, 5.74) is 1.93. The number of methoxy groups -OCH3 is 1. The van der Waals surface area contributed by atoms with Crippen molar-refractivity contribution >= 4 is 17.6 Å². The molecule has 2 aromatic rings. The first-order chi connectivity index (χ1) is 12.5. The molecule has 2 rings (SSSR count). The van der Waals surface area contributed by atoms with Crippen LogP contribution in [0.3, 0.4) is 0 Å². The van der Waals surface area contributed by atoms with Gasteiger partial charge in [0.1, 0.15) is 5.75 Å². The number of rotatable bonds is 9. The molecule has 0 unspecified atom stereocenters. The average molecular weight is 378 g/mol. The van der Waals surface area contributed by atoms with Crippen LogP contribution < -0.4 is 10.1 Å². The van der Waals surface area contributed by atoms with Crippen LogP contribution in [-0.2, 0) is 16.0 Å². The summed E-state index contributed by atoms with van der Waals surface area (Å²) in [6.45, 7) is 2.41. The van der Waals surface area contributed by atoms with Gasteiger partial charge in [-0.2, -0.15) is 0 Å². The molecule has 0 aliphatic rings. The van der Waals surface area contributed by atoms with E-state index < -0.39 is 12.1 Å². The lowest BCUT2D eigenvalue weighted by Crippen LogP contribution is -2.32. The molecule has 0 radical (unpaired) electrons. The fourth-order valence-corrected chi connectivity index (χ4v) is 2.69. The number of benzene rings is 2. The van der Waals surface area contributed by atoms with Gasteiger partial charge in [0.15, 0.2) is 6.61 Å². The molecular weight excluding hydrogens is 354 g/mol. The van der Waals surface area contributed by atoms with Crippen molar-refractivity contribution in [3.63, 3.8) is 0 Å². The summed E-state index contributed by atoms with van der Waals surface area (Å²) in [4.78, 5) is 11.1. The third kappa shape index (κ3) is 6.67. The van der Waals surface area contributed by atoms with Crippen molar-refractivity contribution in [2.24, 2.45) is 0 Å². The lowest BCUT2D eigenvalue weighted by atomic mass is 10.1. The number of hydrogen-bond donors (Lipinski definition) is 2. The summed E-state index contributed by atoms with van der Waals surface area (Å²) in [6, 6.07) is 15.0. The Morgan fingerprint density at radius 3 is 2.62 bits per heavy atom. The van der Waals surface area contributed by atoms with E-state index in [9.17, 15) is 9.90 Å². The minimum absolute atomic E-state index is 0.102. The maximum absolute atomic E-state index is 11.1. The van der Waals surface area contributed by atoms with Gasteiger partial charge in [0.25, 0.3) is 0 Å². The number of ether oxygens (including phenoxy) is 2. The molecular formula is C20H24ClNO4. The normalized spacial score (nSPS) is 13.1. The first kappa shape index (κ1) is 20.2. The average Bonchev–Trinajstić information content (AvgIpc) is 2.65. The van der Waals surface area contributed by atoms with E-state index in [0.29, 0.717) is 17.3 Å². The minimum atomic E-state index is -0.606. The topological polar surface area (TPSA) is 67.8 Å². The standard InChI is InChI=1S/C20H24ClNO4/c1-14(22-12-19(23)16-4-3-5-17(21)11-16)10-15-6-8-18(9-7-15)26-13-20(24)25-2/h3-9,11,14,19,22-23H,10,12-13H2,1-2H3/t14-,19-/m0/s1. The Kier molecular flexibility index (Phi) is 7.91. The highest BCUT2D eigenvalue weighted by Gasteiger charge is 2.10. The van der Waals surface area contributed by atoms with Crippen LogP contribution in [0, 0.1) is 0 Å². The van der Waals surface area contributed by atoms with Crippen molar-refractivity contribution in [2.75, 3.05) is 20.3 Å². The molecule has 0 fully saturated rings. The van der Waals surface area contributed by atoms with Gasteiger partial charge in [0.05, 0.1) is 13.2 Å². The van der Waals surface area contributed by atoms with Crippen molar-refractivity contribution in [1.82, 2.24) is 5.32 Å². The number of halogens is 1. The summed E-state index contributed by atoms with van der Waals surface area (Å²) in [5, 5.41) is 14.2. The van der Waals surface area contributed by atoms with Gasteiger partial charge in [-0.3, -0.25) is 0 Å². The maximum Gasteiger partial charge on any atom is 0.343 e. The largest absolute Gasteiger partial charge is 0.482 e. The fourth-order valence-electron chi connectivity index (χ4n) is 2.49. The lowest BCUT2D eigenvalue weighted by molar-refractivity contribution is -0.142. The van der Waals surface area contributed by atoms with Gasteiger partial charge in [-0.05, 0) is 48.7 Å². The van der Waals surface area contributed by atoms with E-state index in [0.717, 1.165) is 17.5 Å². The molecule has 2 aromatic carbocycles. The number of aliphatic hydroxyl groups excluding tert-OH is 1. The van der Waals surface area contributed by atoms with Crippen molar-refractivity contribution in [3.05, 3.63) is 64.7 Å². The monoisotopic (exact) mass is 377 g/mol. The first-order valence-corrected chi connectivity index (χ1v) is 8.81. The molecule has 0 spiro atoms. The molecule has 2 atom stereocenters. The number of nitrogens with one attached hydrogen (secondary N) is 1. The number of carbonyl (C=O) groups is 1. The van der Waals surface area contributed by atoms with Gasteiger partial charge in [-0.25, -0.2) is 4.79 Å². The van der Waals surface area contributed by atoms with E-state index >= 15 is 0 Å². The molecule has 140 valence electrons. The van der Waals surface area contributed by atoms with Gasteiger partial charge < -0.3 is 19.9 Å². The van der Waals surface area contributed by atoms with Crippen LogP contribution in [-0.4, -0.2) is 37.4 Å². The molecule has 2 N–H and O–H groups in total. The van der Waals surface area contributed by atoms with Crippen LogP contribution in [0.2, 0.25) is 5.02 Å². The highest BCUT2D eigenvalue weighted by molar-refractivity contribution is 6.30. The second-order valence-corrected chi connectivity index (χ2v) is 6.53. The zero-order valence-corrected chi connectivity index (χ0v) is 15.7. The van der Waals surface area contributed by atoms with Crippen molar-refractivity contribution in [3.8, 4) is 5.75 Å². The van der Waals surface area contributed by atoms with Gasteiger partial charge in [0, 0.05) is 17.6 Å². The van der Waals surface area contributed by atoms with E-state index in [-0.39, 0.29) is 12.6 Å². The Morgan fingerprint density at radius 2 is 1.96 bits per heavy atom. The van der Waals surface area contributed by atoms with Gasteiger partial charge >= 0.3 is 5.97 Å². The van der Waals surface area contributed by atoms with Crippen molar-refractivity contribution in [1.29, 1.82) is 0 Å². The van der Waals surface area contributed by atoms with Crippen LogP contribution in [0.15, 0.2) is 48.5 Å². The number of aliphatic hydroxyl groups is 1. The fraction of sp³-hybridized carbons (Fsp3) is 0.350. The Labute approximate surface area is 158 Å². The number of carbonyl (C=O) groups excluding carboxylic acids is 1. The third-order valence-corrected chi connectivity index (χ3v) is 4.18. The predicted molar refractivity (Wildman–Crippen MR) is 102 cm³/mol. The van der Waals surface area contributed by atoms with Gasteiger partial charge in [-0.1, -0.05) is 35.9 Å². The summed E-state index contributed by atoms with van der Waals surface area (Å²) in [5.74, 6) is 0.210. The first-order valence-electron chi connectivity index (χ1n) is 8.43. The quantitative estimate of drug-likeness (QED) is 0.657. The molecule has 0 heterocycles. The number of hydrogen-bond acceptors (Lipinski definition) is 5. The highest BCUT2D eigenvalue weighted by atomic mass is 35.5. The van der Waals surface area contributed by atoms with E-state index in [4.69, 9.17) is 16.3 Å². The van der Waals surface area contributed by atoms with E-state index in [2.05, 4.69) is 17.0 Å². The zero-order chi connectivity index (χ0) is 18.9. The van der Waals surface area contributed by atoms with E-state index in [1.807, 2.05) is 36.4 Å². The summed E-state index contributed by atoms with van der Waals surface area (Å²) < 4.78 is 9.86. The minimum Gasteiger partial charge on any atom is -0.482 e. The highest BCUT2D eigenvalue weighted by Crippen LogP contribution is 2.18. The van der Waals surface area contributed by atoms with Gasteiger partial charge in [0.2, 0.25) is 0 Å². The Bertz CT molecular complexity index is 705. The van der Waals surface area contributed by atoms with Crippen LogP contribution in [0.25, 0.3) is 0 Å². The second-order valence-electron chi connectivity index (χ2n) is 6.09. The smallest absolute Gasteiger partial charge is 0.343 e. The van der Waals surface area contributed by atoms with E-state index in [1.165, 1.54) is 7.11 Å². The molecule has 26 heavy (non-hydrogen) atoms. The third-order valence-electron chi connectivity index (χ3n) is 3.94. The summed E-state index contributed by atoms with van der Waals surface area (Å²) >= 11 is 5.95. The van der Waals surface area contributed by atoms with Gasteiger partial charge in [-0.15, -0.1) is 0 Å².